The van der Waals surface area contributed by atoms with Crippen LogP contribution in [0.25, 0.3) is 0 Å². The van der Waals surface area contributed by atoms with Crippen molar-refractivity contribution in [3.63, 3.8) is 0 Å². The molecule has 0 spiro atoms. The fourth-order valence-corrected chi connectivity index (χ4v) is 2.29. The summed E-state index contributed by atoms with van der Waals surface area (Å²) in [6, 6.07) is 0.423. The van der Waals surface area contributed by atoms with Crippen LogP contribution in [0.1, 0.15) is 26.2 Å². The zero-order valence-electron chi connectivity index (χ0n) is 9.37. The van der Waals surface area contributed by atoms with Crippen molar-refractivity contribution in [2.75, 3.05) is 26.2 Å². The highest BCUT2D eigenvalue weighted by molar-refractivity contribution is 5.76. The fraction of sp³-hybridized carbons (Fsp3) is 0.909. The normalized spacial score (nSPS) is 31.9. The van der Waals surface area contributed by atoms with Gasteiger partial charge in [-0.15, -0.1) is 0 Å². The molecule has 0 saturated carbocycles. The number of rotatable bonds is 2. The Morgan fingerprint density at radius 2 is 2.47 bits per heavy atom. The first-order valence-corrected chi connectivity index (χ1v) is 5.88. The average molecular weight is 212 g/mol. The molecule has 0 bridgehead atoms. The minimum absolute atomic E-state index is 0.183. The van der Waals surface area contributed by atoms with E-state index in [9.17, 15) is 4.79 Å². The van der Waals surface area contributed by atoms with Crippen LogP contribution in [0.3, 0.4) is 0 Å². The molecule has 0 radical (unpaired) electrons. The van der Waals surface area contributed by atoms with Gasteiger partial charge in [0.15, 0.2) is 0 Å². The van der Waals surface area contributed by atoms with Gasteiger partial charge in [-0.2, -0.15) is 0 Å². The van der Waals surface area contributed by atoms with Gasteiger partial charge >= 0.3 is 0 Å². The number of piperazine rings is 1. The molecule has 2 fully saturated rings. The highest BCUT2D eigenvalue weighted by Gasteiger charge is 2.25. The largest absolute Gasteiger partial charge is 0.378 e. The molecule has 1 unspecified atom stereocenters. The minimum Gasteiger partial charge on any atom is -0.378 e. The summed E-state index contributed by atoms with van der Waals surface area (Å²) in [5.41, 5.74) is 0. The number of ether oxygens (including phenoxy) is 1. The van der Waals surface area contributed by atoms with E-state index in [1.165, 1.54) is 0 Å². The lowest BCUT2D eigenvalue weighted by Gasteiger charge is -2.32. The number of amides is 1. The fourth-order valence-electron chi connectivity index (χ4n) is 2.29. The number of hydrogen-bond acceptors (Lipinski definition) is 3. The number of carbonyl (C=O) groups excluding carboxylic acids is 1. The number of nitrogens with one attached hydrogen (secondary N) is 1. The molecule has 2 saturated heterocycles. The van der Waals surface area contributed by atoms with Crippen LogP contribution in [0.4, 0.5) is 0 Å². The third-order valence-corrected chi connectivity index (χ3v) is 3.15. The molecule has 0 aromatic rings. The van der Waals surface area contributed by atoms with E-state index in [0.29, 0.717) is 12.5 Å². The van der Waals surface area contributed by atoms with E-state index in [0.717, 1.165) is 39.1 Å². The summed E-state index contributed by atoms with van der Waals surface area (Å²) in [5.74, 6) is 0.259. The van der Waals surface area contributed by atoms with Gasteiger partial charge in [-0.05, 0) is 19.8 Å². The molecular formula is C11H20N2O2. The lowest BCUT2D eigenvalue weighted by Crippen LogP contribution is -2.51. The summed E-state index contributed by atoms with van der Waals surface area (Å²) < 4.78 is 5.48. The summed E-state index contributed by atoms with van der Waals surface area (Å²) in [4.78, 5) is 13.9. The average Bonchev–Trinajstić information content (AvgIpc) is 2.70. The molecule has 2 aliphatic rings. The Bertz CT molecular complexity index is 227. The molecule has 2 atom stereocenters. The molecule has 0 aromatic heterocycles. The topological polar surface area (TPSA) is 41.6 Å². The molecule has 2 rings (SSSR count). The highest BCUT2D eigenvalue weighted by atomic mass is 16.5. The second kappa shape index (κ2) is 4.94. The predicted octanol–water partition coefficient (Wildman–Crippen LogP) is 0.376. The second-order valence-electron chi connectivity index (χ2n) is 4.53. The third-order valence-electron chi connectivity index (χ3n) is 3.15. The molecule has 1 N–H and O–H groups in total. The Balaban J connectivity index is 1.78. The maximum Gasteiger partial charge on any atom is 0.225 e. The maximum absolute atomic E-state index is 11.9. The Labute approximate surface area is 91.0 Å². The van der Waals surface area contributed by atoms with Crippen molar-refractivity contribution in [3.05, 3.63) is 0 Å². The van der Waals surface area contributed by atoms with Gasteiger partial charge in [0.2, 0.25) is 5.91 Å². The van der Waals surface area contributed by atoms with Crippen LogP contribution in [0.5, 0.6) is 0 Å². The Kier molecular flexibility index (Phi) is 3.59. The summed E-state index contributed by atoms with van der Waals surface area (Å²) in [6.45, 7) is 5.54. The lowest BCUT2D eigenvalue weighted by molar-refractivity contribution is -0.134. The molecule has 4 heteroatoms. The van der Waals surface area contributed by atoms with Crippen LogP contribution >= 0.6 is 0 Å². The van der Waals surface area contributed by atoms with Crippen molar-refractivity contribution in [1.82, 2.24) is 10.2 Å². The SMILES string of the molecule is C[C@@H]1CN(C(=O)CC2CCCO2)CCN1. The van der Waals surface area contributed by atoms with Crippen LogP contribution in [0, 0.1) is 0 Å². The van der Waals surface area contributed by atoms with Crippen LogP contribution in [0.2, 0.25) is 0 Å². The van der Waals surface area contributed by atoms with Crippen molar-refractivity contribution < 1.29 is 9.53 Å². The zero-order valence-corrected chi connectivity index (χ0v) is 9.37. The van der Waals surface area contributed by atoms with Crippen molar-refractivity contribution in [1.29, 1.82) is 0 Å². The van der Waals surface area contributed by atoms with Gasteiger partial charge in [-0.3, -0.25) is 4.79 Å². The van der Waals surface area contributed by atoms with Crippen LogP contribution in [0.15, 0.2) is 0 Å². The Hall–Kier alpha value is -0.610. The molecule has 86 valence electrons. The van der Waals surface area contributed by atoms with Gasteiger partial charge in [0.1, 0.15) is 0 Å². The quantitative estimate of drug-likeness (QED) is 0.719. The highest BCUT2D eigenvalue weighted by Crippen LogP contribution is 2.16. The molecule has 2 aliphatic heterocycles. The van der Waals surface area contributed by atoms with Crippen LogP contribution in [-0.2, 0) is 9.53 Å². The summed E-state index contributed by atoms with van der Waals surface area (Å²) in [7, 11) is 0. The number of nitrogens with zero attached hydrogens (tertiary/aromatic N) is 1. The van der Waals surface area contributed by atoms with E-state index >= 15 is 0 Å². The van der Waals surface area contributed by atoms with Gasteiger partial charge < -0.3 is 15.0 Å². The number of hydrogen-bond donors (Lipinski definition) is 1. The maximum atomic E-state index is 11.9. The summed E-state index contributed by atoms with van der Waals surface area (Å²) >= 11 is 0. The first-order chi connectivity index (χ1) is 7.25. The zero-order chi connectivity index (χ0) is 10.7. The Morgan fingerprint density at radius 1 is 1.60 bits per heavy atom. The summed E-state index contributed by atoms with van der Waals surface area (Å²) in [5, 5.41) is 3.34. The van der Waals surface area contributed by atoms with Gasteiger partial charge in [0.05, 0.1) is 12.5 Å². The summed E-state index contributed by atoms with van der Waals surface area (Å²) in [6.07, 6.45) is 2.92. The first-order valence-electron chi connectivity index (χ1n) is 5.88. The Morgan fingerprint density at radius 3 is 3.13 bits per heavy atom. The van der Waals surface area contributed by atoms with E-state index in [2.05, 4.69) is 12.2 Å². The molecular weight excluding hydrogens is 192 g/mol. The molecule has 4 nitrogen and oxygen atoms in total. The van der Waals surface area contributed by atoms with E-state index in [1.54, 1.807) is 0 Å². The third kappa shape index (κ3) is 2.92. The van der Waals surface area contributed by atoms with E-state index in [1.807, 2.05) is 4.90 Å². The van der Waals surface area contributed by atoms with Crippen molar-refractivity contribution in [2.24, 2.45) is 0 Å². The van der Waals surface area contributed by atoms with Crippen LogP contribution < -0.4 is 5.32 Å². The van der Waals surface area contributed by atoms with E-state index < -0.39 is 0 Å². The van der Waals surface area contributed by atoms with E-state index in [4.69, 9.17) is 4.74 Å². The van der Waals surface area contributed by atoms with Gasteiger partial charge in [-0.25, -0.2) is 0 Å². The van der Waals surface area contributed by atoms with Crippen molar-refractivity contribution >= 4 is 5.91 Å². The molecule has 2 heterocycles. The van der Waals surface area contributed by atoms with E-state index in [-0.39, 0.29) is 12.0 Å². The van der Waals surface area contributed by atoms with Gasteiger partial charge in [0.25, 0.3) is 0 Å². The molecule has 0 aliphatic carbocycles. The second-order valence-corrected chi connectivity index (χ2v) is 4.53. The standard InChI is InChI=1S/C11H20N2O2/c1-9-8-13(5-4-12-9)11(14)7-10-3-2-6-15-10/h9-10,12H,2-8H2,1H3/t9-,10?/m1/s1. The minimum atomic E-state index is 0.183. The predicted molar refractivity (Wildman–Crippen MR) is 57.6 cm³/mol. The monoisotopic (exact) mass is 212 g/mol. The molecule has 1 amide bonds. The van der Waals surface area contributed by atoms with Crippen molar-refractivity contribution in [3.8, 4) is 0 Å². The lowest BCUT2D eigenvalue weighted by atomic mass is 10.1. The van der Waals surface area contributed by atoms with Gasteiger partial charge in [-0.1, -0.05) is 0 Å². The van der Waals surface area contributed by atoms with Gasteiger partial charge in [0, 0.05) is 32.3 Å². The first kappa shape index (κ1) is 10.9. The molecule has 0 aromatic carbocycles. The van der Waals surface area contributed by atoms with Crippen LogP contribution in [-0.4, -0.2) is 49.2 Å². The van der Waals surface area contributed by atoms with Crippen molar-refractivity contribution in [2.45, 2.75) is 38.3 Å². The smallest absolute Gasteiger partial charge is 0.225 e. The number of carbonyl (C=O) groups is 1. The molecule has 15 heavy (non-hydrogen) atoms.